The van der Waals surface area contributed by atoms with E-state index in [4.69, 9.17) is 4.74 Å². The maximum Gasteiger partial charge on any atom is 0.221 e. The van der Waals surface area contributed by atoms with Gasteiger partial charge in [-0.15, -0.1) is 0 Å². The summed E-state index contributed by atoms with van der Waals surface area (Å²) in [5.41, 5.74) is 4.94. The van der Waals surface area contributed by atoms with Crippen molar-refractivity contribution in [3.05, 3.63) is 64.2 Å². The Bertz CT molecular complexity index is 962. The van der Waals surface area contributed by atoms with Crippen LogP contribution in [0.5, 0.6) is 5.75 Å². The molecule has 1 saturated carbocycles. The monoisotopic (exact) mass is 407 g/mol. The molecule has 158 valence electrons. The minimum atomic E-state index is -0.736. The fraction of sp³-hybridized carbons (Fsp3) is 0.400. The van der Waals surface area contributed by atoms with Gasteiger partial charge in [0.1, 0.15) is 17.5 Å². The minimum absolute atomic E-state index is 0.0452. The van der Waals surface area contributed by atoms with Crippen LogP contribution in [0, 0.1) is 19.8 Å². The second kappa shape index (κ2) is 9.24. The van der Waals surface area contributed by atoms with Crippen LogP contribution in [-0.2, 0) is 27.3 Å². The number of hydrogen-bond donors (Lipinski definition) is 1. The average molecular weight is 408 g/mol. The molecule has 0 saturated heterocycles. The number of aryl methyl sites for hydroxylation is 3. The third-order valence-corrected chi connectivity index (χ3v) is 5.82. The fourth-order valence-corrected chi connectivity index (χ4v) is 4.34. The lowest BCUT2D eigenvalue weighted by Gasteiger charge is -2.18. The molecule has 30 heavy (non-hydrogen) atoms. The third-order valence-electron chi connectivity index (χ3n) is 5.82. The van der Waals surface area contributed by atoms with Gasteiger partial charge in [-0.1, -0.05) is 36.8 Å². The molecule has 0 aliphatic heterocycles. The van der Waals surface area contributed by atoms with Crippen molar-refractivity contribution < 1.29 is 19.1 Å². The summed E-state index contributed by atoms with van der Waals surface area (Å²) in [4.78, 5) is 38.3. The van der Waals surface area contributed by atoms with Crippen LogP contribution in [0.2, 0.25) is 0 Å². The van der Waals surface area contributed by atoms with Gasteiger partial charge in [-0.2, -0.15) is 0 Å². The van der Waals surface area contributed by atoms with Crippen molar-refractivity contribution in [2.75, 3.05) is 7.11 Å². The Balaban J connectivity index is 1.67. The summed E-state index contributed by atoms with van der Waals surface area (Å²) in [6.07, 6.45) is 0.946. The van der Waals surface area contributed by atoms with E-state index in [1.165, 1.54) is 0 Å². The first-order valence-corrected chi connectivity index (χ1v) is 10.4. The second-order valence-electron chi connectivity index (χ2n) is 8.04. The zero-order valence-corrected chi connectivity index (χ0v) is 18.1. The smallest absolute Gasteiger partial charge is 0.221 e. The number of Topliss-reactive ketones (excluding diaryl/α,β-unsaturated/α-hetero) is 2. The average Bonchev–Trinajstić information content (AvgIpc) is 2.99. The first-order valence-electron chi connectivity index (χ1n) is 10.4. The van der Waals surface area contributed by atoms with E-state index in [9.17, 15) is 14.4 Å². The van der Waals surface area contributed by atoms with Crippen LogP contribution in [-0.4, -0.2) is 24.6 Å². The Hall–Kier alpha value is -2.95. The molecule has 1 fully saturated rings. The molecular weight excluding hydrogens is 378 g/mol. The number of rotatable bonds is 7. The Morgan fingerprint density at radius 3 is 2.47 bits per heavy atom. The largest absolute Gasteiger partial charge is 0.497 e. The maximum atomic E-state index is 13.1. The van der Waals surface area contributed by atoms with Crippen LogP contribution < -0.4 is 10.1 Å². The molecule has 0 bridgehead atoms. The van der Waals surface area contributed by atoms with Gasteiger partial charge in [-0.3, -0.25) is 14.4 Å². The van der Waals surface area contributed by atoms with Crippen LogP contribution in [0.1, 0.15) is 53.5 Å². The van der Waals surface area contributed by atoms with E-state index in [0.717, 1.165) is 40.0 Å². The van der Waals surface area contributed by atoms with Gasteiger partial charge >= 0.3 is 0 Å². The number of ketones is 2. The van der Waals surface area contributed by atoms with Crippen molar-refractivity contribution in [3.63, 3.8) is 0 Å². The van der Waals surface area contributed by atoms with Crippen LogP contribution in [0.4, 0.5) is 0 Å². The number of carbonyl (C=O) groups excluding carboxylic acids is 3. The van der Waals surface area contributed by atoms with Gasteiger partial charge in [0.05, 0.1) is 7.11 Å². The first kappa shape index (κ1) is 21.8. The number of methoxy groups -OCH3 is 1. The normalized spacial score (nSPS) is 18.5. The van der Waals surface area contributed by atoms with Crippen molar-refractivity contribution >= 4 is 17.5 Å². The molecule has 2 aromatic rings. The molecule has 1 N–H and O–H groups in total. The minimum Gasteiger partial charge on any atom is -0.497 e. The van der Waals surface area contributed by atoms with Crippen LogP contribution >= 0.6 is 0 Å². The van der Waals surface area contributed by atoms with Gasteiger partial charge in [0.25, 0.3) is 0 Å². The molecule has 1 aliphatic rings. The molecule has 2 atom stereocenters. The molecule has 2 aromatic carbocycles. The summed E-state index contributed by atoms with van der Waals surface area (Å²) in [6.45, 7) is 6.38. The Morgan fingerprint density at radius 1 is 1.13 bits per heavy atom. The lowest BCUT2D eigenvalue weighted by Crippen LogP contribution is -2.27. The highest BCUT2D eigenvalue weighted by molar-refractivity contribution is 6.15. The van der Waals surface area contributed by atoms with E-state index < -0.39 is 11.8 Å². The molecular formula is C25H29NO4. The van der Waals surface area contributed by atoms with Gasteiger partial charge in [-0.25, -0.2) is 0 Å². The number of hydrogen-bond acceptors (Lipinski definition) is 4. The molecule has 0 spiro atoms. The lowest BCUT2D eigenvalue weighted by atomic mass is 9.85. The predicted octanol–water partition coefficient (Wildman–Crippen LogP) is 3.82. The fourth-order valence-electron chi connectivity index (χ4n) is 4.34. The zero-order chi connectivity index (χ0) is 21.8. The molecule has 0 heterocycles. The van der Waals surface area contributed by atoms with Gasteiger partial charge < -0.3 is 10.1 Å². The van der Waals surface area contributed by atoms with Crippen molar-refractivity contribution in [2.45, 2.75) is 52.5 Å². The summed E-state index contributed by atoms with van der Waals surface area (Å²) >= 11 is 0. The predicted molar refractivity (Wildman–Crippen MR) is 116 cm³/mol. The summed E-state index contributed by atoms with van der Waals surface area (Å²) in [7, 11) is 1.60. The molecule has 5 nitrogen and oxygen atoms in total. The summed E-state index contributed by atoms with van der Waals surface area (Å²) < 4.78 is 5.13. The molecule has 5 heteroatoms. The van der Waals surface area contributed by atoms with Crippen molar-refractivity contribution in [1.82, 2.24) is 5.32 Å². The van der Waals surface area contributed by atoms with Gasteiger partial charge in [-0.05, 0) is 54.7 Å². The summed E-state index contributed by atoms with van der Waals surface area (Å²) in [5.74, 6) is -0.947. The maximum absolute atomic E-state index is 13.1. The Morgan fingerprint density at radius 2 is 1.83 bits per heavy atom. The Kier molecular flexibility index (Phi) is 6.70. The first-order chi connectivity index (χ1) is 14.3. The third kappa shape index (κ3) is 4.61. The van der Waals surface area contributed by atoms with Gasteiger partial charge in [0, 0.05) is 25.3 Å². The van der Waals surface area contributed by atoms with Gasteiger partial charge in [0.2, 0.25) is 5.91 Å². The van der Waals surface area contributed by atoms with E-state index in [0.29, 0.717) is 6.54 Å². The van der Waals surface area contributed by atoms with E-state index in [1.807, 2.05) is 51.1 Å². The number of ether oxygens (including phenoxy) is 1. The highest BCUT2D eigenvalue weighted by atomic mass is 16.5. The summed E-state index contributed by atoms with van der Waals surface area (Å²) in [5, 5.41) is 2.85. The summed E-state index contributed by atoms with van der Waals surface area (Å²) in [6, 6.07) is 11.5. The van der Waals surface area contributed by atoms with E-state index in [-0.39, 0.29) is 30.3 Å². The standard InChI is InChI=1S/C25H29NO4/c1-5-18-11-15(2)10-16(3)23(18)24-21(27)12-19(25(24)29)13-22(28)26-14-17-6-8-20(30-4)9-7-17/h6-11,19,24H,5,12-14H2,1-4H3,(H,26,28). The lowest BCUT2D eigenvalue weighted by molar-refractivity contribution is -0.128. The number of amides is 1. The SMILES string of the molecule is CCc1cc(C)cc(C)c1C1C(=O)CC(CC(=O)NCc2ccc(OC)cc2)C1=O. The second-order valence-corrected chi connectivity index (χ2v) is 8.04. The molecule has 1 aliphatic carbocycles. The van der Waals surface area contributed by atoms with Crippen LogP contribution in [0.15, 0.2) is 36.4 Å². The topological polar surface area (TPSA) is 72.5 Å². The van der Waals surface area contributed by atoms with E-state index >= 15 is 0 Å². The van der Waals surface area contributed by atoms with Crippen LogP contribution in [0.25, 0.3) is 0 Å². The van der Waals surface area contributed by atoms with Gasteiger partial charge in [0.15, 0.2) is 5.78 Å². The van der Waals surface area contributed by atoms with E-state index in [2.05, 4.69) is 11.4 Å². The molecule has 1 amide bonds. The van der Waals surface area contributed by atoms with Crippen molar-refractivity contribution in [1.29, 1.82) is 0 Å². The quantitative estimate of drug-likeness (QED) is 0.708. The van der Waals surface area contributed by atoms with Crippen LogP contribution in [0.3, 0.4) is 0 Å². The zero-order valence-electron chi connectivity index (χ0n) is 18.1. The molecule has 2 unspecified atom stereocenters. The number of benzene rings is 2. The van der Waals surface area contributed by atoms with E-state index in [1.54, 1.807) is 7.11 Å². The highest BCUT2D eigenvalue weighted by Gasteiger charge is 2.43. The molecule has 0 radical (unpaired) electrons. The highest BCUT2D eigenvalue weighted by Crippen LogP contribution is 2.37. The number of carbonyl (C=O) groups is 3. The number of nitrogens with one attached hydrogen (secondary N) is 1. The molecule has 0 aromatic heterocycles. The Labute approximate surface area is 177 Å². The van der Waals surface area contributed by atoms with Crippen molar-refractivity contribution in [3.8, 4) is 5.75 Å². The molecule has 3 rings (SSSR count). The van der Waals surface area contributed by atoms with Crippen molar-refractivity contribution in [2.24, 2.45) is 5.92 Å².